The van der Waals surface area contributed by atoms with Crippen LogP contribution in [0.5, 0.6) is 11.5 Å². The number of nitrogens with zero attached hydrogens (tertiary/aromatic N) is 1. The zero-order chi connectivity index (χ0) is 15.6. The first-order valence-electron chi connectivity index (χ1n) is 5.81. The van der Waals surface area contributed by atoms with Crippen molar-refractivity contribution in [1.29, 1.82) is 0 Å². The first kappa shape index (κ1) is 15.3. The number of halogens is 2. The molecule has 0 amide bonds. The van der Waals surface area contributed by atoms with E-state index in [9.17, 15) is 14.9 Å². The van der Waals surface area contributed by atoms with Crippen molar-refractivity contribution in [3.05, 3.63) is 62.1 Å². The number of carbonyl (C=O) groups is 1. The van der Waals surface area contributed by atoms with E-state index in [0.717, 1.165) is 0 Å². The van der Waals surface area contributed by atoms with Gasteiger partial charge in [-0.15, -0.1) is 0 Å². The number of benzene rings is 2. The van der Waals surface area contributed by atoms with Gasteiger partial charge in [0.05, 0.1) is 9.95 Å². The van der Waals surface area contributed by atoms with Gasteiger partial charge in [-0.1, -0.05) is 29.3 Å². The van der Waals surface area contributed by atoms with Gasteiger partial charge < -0.3 is 4.74 Å². The fourth-order valence-electron chi connectivity index (χ4n) is 1.65. The predicted octanol–water partition coefficient (Wildman–Crippen LogP) is 4.90. The van der Waals surface area contributed by atoms with E-state index in [0.29, 0.717) is 5.56 Å². The van der Waals surface area contributed by atoms with E-state index in [1.54, 1.807) is 12.1 Å². The zero-order valence-corrected chi connectivity index (χ0v) is 12.3. The van der Waals surface area contributed by atoms with Crippen molar-refractivity contribution >= 4 is 34.7 Å². The van der Waals surface area contributed by atoms with Gasteiger partial charge in [0.2, 0.25) is 5.75 Å². The number of hydrogen-bond acceptors (Lipinski definition) is 4. The van der Waals surface area contributed by atoms with Crippen molar-refractivity contribution < 1.29 is 14.5 Å². The summed E-state index contributed by atoms with van der Waals surface area (Å²) in [5.41, 5.74) is 0.0322. The molecule has 0 N–H and O–H groups in total. The second-order valence-electron chi connectivity index (χ2n) is 4.15. The molecular formula is C14H9Cl2NO4. The minimum atomic E-state index is -0.600. The molecular weight excluding hydrogens is 317 g/mol. The van der Waals surface area contributed by atoms with Crippen molar-refractivity contribution in [1.82, 2.24) is 0 Å². The van der Waals surface area contributed by atoms with Crippen molar-refractivity contribution in [2.24, 2.45) is 0 Å². The Morgan fingerprint density at radius 3 is 2.52 bits per heavy atom. The maximum atomic E-state index is 11.4. The number of nitro benzene ring substituents is 1. The lowest BCUT2D eigenvalue weighted by molar-refractivity contribution is -0.385. The third-order valence-corrected chi connectivity index (χ3v) is 3.50. The molecule has 2 aromatic rings. The maximum Gasteiger partial charge on any atom is 0.311 e. The minimum Gasteiger partial charge on any atom is -0.448 e. The van der Waals surface area contributed by atoms with Crippen LogP contribution in [0.1, 0.15) is 17.3 Å². The van der Waals surface area contributed by atoms with Crippen molar-refractivity contribution in [2.75, 3.05) is 0 Å². The van der Waals surface area contributed by atoms with E-state index in [-0.39, 0.29) is 33.0 Å². The third-order valence-electron chi connectivity index (χ3n) is 2.70. The molecule has 2 aromatic carbocycles. The topological polar surface area (TPSA) is 69.4 Å². The van der Waals surface area contributed by atoms with Crippen LogP contribution >= 0.6 is 23.2 Å². The van der Waals surface area contributed by atoms with Gasteiger partial charge in [-0.05, 0) is 31.2 Å². The number of ether oxygens (including phenoxy) is 1. The van der Waals surface area contributed by atoms with E-state index in [1.807, 2.05) is 0 Å². The Kier molecular flexibility index (Phi) is 4.45. The maximum absolute atomic E-state index is 11.4. The third kappa shape index (κ3) is 3.32. The molecule has 0 heterocycles. The molecule has 0 aliphatic heterocycles. The Hall–Kier alpha value is -2.11. The lowest BCUT2D eigenvalue weighted by Crippen LogP contribution is -1.98. The van der Waals surface area contributed by atoms with Crippen molar-refractivity contribution in [3.63, 3.8) is 0 Å². The number of Topliss-reactive ketones (excluding diaryl/α,β-unsaturated/α-hetero) is 1. The molecule has 0 spiro atoms. The molecule has 0 bridgehead atoms. The molecule has 5 nitrogen and oxygen atoms in total. The summed E-state index contributed by atoms with van der Waals surface area (Å²) in [6.45, 7) is 1.36. The molecule has 0 saturated heterocycles. The summed E-state index contributed by atoms with van der Waals surface area (Å²) in [6, 6.07) is 8.58. The van der Waals surface area contributed by atoms with Gasteiger partial charge in [-0.2, -0.15) is 0 Å². The molecule has 0 fully saturated rings. The smallest absolute Gasteiger partial charge is 0.311 e. The van der Waals surface area contributed by atoms with Gasteiger partial charge in [0.1, 0.15) is 10.8 Å². The zero-order valence-electron chi connectivity index (χ0n) is 10.8. The van der Waals surface area contributed by atoms with Gasteiger partial charge >= 0.3 is 5.69 Å². The highest BCUT2D eigenvalue weighted by atomic mass is 35.5. The summed E-state index contributed by atoms with van der Waals surface area (Å²) in [7, 11) is 0. The van der Waals surface area contributed by atoms with Crippen LogP contribution in [0, 0.1) is 10.1 Å². The number of ketones is 1. The first-order chi connectivity index (χ1) is 9.90. The summed E-state index contributed by atoms with van der Waals surface area (Å²) < 4.78 is 5.46. The highest BCUT2D eigenvalue weighted by molar-refractivity contribution is 6.42. The number of hydrogen-bond donors (Lipinski definition) is 0. The number of carbonyl (C=O) groups excluding carboxylic acids is 1. The van der Waals surface area contributed by atoms with Crippen LogP contribution in [-0.4, -0.2) is 10.7 Å². The Morgan fingerprint density at radius 2 is 1.90 bits per heavy atom. The van der Waals surface area contributed by atoms with Crippen molar-refractivity contribution in [2.45, 2.75) is 6.92 Å². The monoisotopic (exact) mass is 325 g/mol. The first-order valence-corrected chi connectivity index (χ1v) is 6.57. The highest BCUT2D eigenvalue weighted by Crippen LogP contribution is 2.38. The molecule has 0 atom stereocenters. The van der Waals surface area contributed by atoms with E-state index in [4.69, 9.17) is 27.9 Å². The van der Waals surface area contributed by atoms with Crippen LogP contribution in [-0.2, 0) is 0 Å². The fourth-order valence-corrected chi connectivity index (χ4v) is 1.98. The molecule has 0 unspecified atom stereocenters. The second kappa shape index (κ2) is 6.11. The van der Waals surface area contributed by atoms with E-state index < -0.39 is 4.92 Å². The van der Waals surface area contributed by atoms with Gasteiger partial charge in [0.15, 0.2) is 5.78 Å². The second-order valence-corrected chi connectivity index (χ2v) is 4.93. The van der Waals surface area contributed by atoms with Gasteiger partial charge in [-0.3, -0.25) is 14.9 Å². The van der Waals surface area contributed by atoms with Gasteiger partial charge in [0.25, 0.3) is 0 Å². The standard InChI is InChI=1S/C14H9Cl2NO4/c1-8(18)9-5-6-11(17(19)20)13(7-9)21-12-4-2-3-10(15)14(12)16/h2-7H,1H3. The Labute approximate surface area is 130 Å². The van der Waals surface area contributed by atoms with Crippen molar-refractivity contribution in [3.8, 4) is 11.5 Å². The van der Waals surface area contributed by atoms with Crippen LogP contribution in [0.3, 0.4) is 0 Å². The average molecular weight is 326 g/mol. The predicted molar refractivity (Wildman–Crippen MR) is 79.6 cm³/mol. The lowest BCUT2D eigenvalue weighted by Gasteiger charge is -2.09. The molecule has 2 rings (SSSR count). The Morgan fingerprint density at radius 1 is 1.19 bits per heavy atom. The summed E-state index contributed by atoms with van der Waals surface area (Å²) in [5.74, 6) is -0.128. The molecule has 0 aliphatic carbocycles. The quantitative estimate of drug-likeness (QED) is 0.455. The Bertz CT molecular complexity index is 731. The molecule has 108 valence electrons. The molecule has 0 radical (unpaired) electrons. The minimum absolute atomic E-state index is 0.0723. The van der Waals surface area contributed by atoms with E-state index >= 15 is 0 Å². The normalized spacial score (nSPS) is 10.2. The molecule has 21 heavy (non-hydrogen) atoms. The van der Waals surface area contributed by atoms with Gasteiger partial charge in [-0.25, -0.2) is 0 Å². The van der Waals surface area contributed by atoms with Crippen LogP contribution in [0.4, 0.5) is 5.69 Å². The lowest BCUT2D eigenvalue weighted by atomic mass is 10.1. The summed E-state index contributed by atoms with van der Waals surface area (Å²) >= 11 is 11.8. The van der Waals surface area contributed by atoms with Crippen LogP contribution in [0.15, 0.2) is 36.4 Å². The Balaban J connectivity index is 2.51. The van der Waals surface area contributed by atoms with Crippen LogP contribution in [0.25, 0.3) is 0 Å². The van der Waals surface area contributed by atoms with Crippen LogP contribution < -0.4 is 4.74 Å². The number of nitro groups is 1. The highest BCUT2D eigenvalue weighted by Gasteiger charge is 2.19. The van der Waals surface area contributed by atoms with E-state index in [1.165, 1.54) is 31.2 Å². The van der Waals surface area contributed by atoms with Gasteiger partial charge in [0, 0.05) is 11.6 Å². The largest absolute Gasteiger partial charge is 0.448 e. The molecule has 7 heteroatoms. The van der Waals surface area contributed by atoms with Crippen LogP contribution in [0.2, 0.25) is 10.0 Å². The van der Waals surface area contributed by atoms with E-state index in [2.05, 4.69) is 0 Å². The fraction of sp³-hybridized carbons (Fsp3) is 0.0714. The molecule has 0 aromatic heterocycles. The molecule has 0 saturated carbocycles. The average Bonchev–Trinajstić information content (AvgIpc) is 2.43. The number of rotatable bonds is 4. The SMILES string of the molecule is CC(=O)c1ccc([N+](=O)[O-])c(Oc2cccc(Cl)c2Cl)c1. The summed E-state index contributed by atoms with van der Waals surface area (Å²) in [6.07, 6.45) is 0. The summed E-state index contributed by atoms with van der Waals surface area (Å²) in [5, 5.41) is 11.4. The summed E-state index contributed by atoms with van der Waals surface area (Å²) in [4.78, 5) is 21.8. The molecule has 0 aliphatic rings.